The van der Waals surface area contributed by atoms with Gasteiger partial charge in [0.25, 0.3) is 0 Å². The Labute approximate surface area is 109 Å². The van der Waals surface area contributed by atoms with Crippen molar-refractivity contribution in [3.8, 4) is 6.07 Å². The summed E-state index contributed by atoms with van der Waals surface area (Å²) >= 11 is 0. The lowest BCUT2D eigenvalue weighted by molar-refractivity contribution is -0.119. The summed E-state index contributed by atoms with van der Waals surface area (Å²) in [5, 5.41) is 8.43. The largest absolute Gasteiger partial charge is 0.297 e. The van der Waals surface area contributed by atoms with Crippen LogP contribution in [0.3, 0.4) is 0 Å². The van der Waals surface area contributed by atoms with Crippen molar-refractivity contribution < 1.29 is 4.79 Å². The molecule has 0 saturated heterocycles. The van der Waals surface area contributed by atoms with Gasteiger partial charge in [-0.2, -0.15) is 5.26 Å². The van der Waals surface area contributed by atoms with E-state index in [4.69, 9.17) is 5.26 Å². The molecule has 0 atom stereocenters. The number of hydrogen-bond acceptors (Lipinski definition) is 3. The van der Waals surface area contributed by atoms with E-state index in [0.717, 1.165) is 6.54 Å². The molecule has 0 radical (unpaired) electrons. The number of likely N-dealkylation sites (N-methyl/N-ethyl adjacent to an activating group) is 1. The maximum Gasteiger partial charge on any atom is 0.160 e. The average molecular weight is 244 g/mol. The molecule has 0 aromatic heterocycles. The van der Waals surface area contributed by atoms with E-state index in [0.29, 0.717) is 12.5 Å². The van der Waals surface area contributed by atoms with E-state index < -0.39 is 0 Å². The first kappa shape index (κ1) is 14.4. The highest BCUT2D eigenvalue weighted by Gasteiger charge is 2.07. The molecule has 1 rings (SSSR count). The number of nitrogens with zero attached hydrogens (tertiary/aromatic N) is 2. The molecule has 0 spiro atoms. The van der Waals surface area contributed by atoms with Crippen molar-refractivity contribution >= 4 is 5.78 Å². The summed E-state index contributed by atoms with van der Waals surface area (Å²) in [7, 11) is 1.89. The summed E-state index contributed by atoms with van der Waals surface area (Å²) in [5.41, 5.74) is 2.51. The van der Waals surface area contributed by atoms with Crippen molar-refractivity contribution in [3.63, 3.8) is 0 Å². The number of hydrogen-bond donors (Lipinski definition) is 0. The SMILES string of the molecule is CC(C)c1ccc(CN(C)CC(=O)CC#N)cc1. The lowest BCUT2D eigenvalue weighted by atomic mass is 10.0. The zero-order valence-corrected chi connectivity index (χ0v) is 11.3. The molecule has 3 nitrogen and oxygen atoms in total. The van der Waals surface area contributed by atoms with Gasteiger partial charge in [-0.3, -0.25) is 9.69 Å². The van der Waals surface area contributed by atoms with Crippen molar-refractivity contribution in [3.05, 3.63) is 35.4 Å². The van der Waals surface area contributed by atoms with Gasteiger partial charge in [-0.1, -0.05) is 38.1 Å². The van der Waals surface area contributed by atoms with Crippen LogP contribution < -0.4 is 0 Å². The quantitative estimate of drug-likeness (QED) is 0.772. The summed E-state index contributed by atoms with van der Waals surface area (Å²) in [6, 6.07) is 10.3. The molecule has 0 aliphatic heterocycles. The number of carbonyl (C=O) groups is 1. The summed E-state index contributed by atoms with van der Waals surface area (Å²) in [5.74, 6) is 0.507. The molecule has 0 aliphatic carbocycles. The van der Waals surface area contributed by atoms with Gasteiger partial charge in [0.15, 0.2) is 5.78 Å². The molecule has 0 fully saturated rings. The van der Waals surface area contributed by atoms with Crippen molar-refractivity contribution in [2.75, 3.05) is 13.6 Å². The standard InChI is InChI=1S/C15H20N2O/c1-12(2)14-6-4-13(5-7-14)10-17(3)11-15(18)8-9-16/h4-7,12H,8,10-11H2,1-3H3. The van der Waals surface area contributed by atoms with Crippen LogP contribution in [0.25, 0.3) is 0 Å². The number of ketones is 1. The summed E-state index contributed by atoms with van der Waals surface area (Å²) in [4.78, 5) is 13.3. The predicted molar refractivity (Wildman–Crippen MR) is 72.1 cm³/mol. The third-order valence-corrected chi connectivity index (χ3v) is 2.82. The number of Topliss-reactive ketones (excluding diaryl/α,β-unsaturated/α-hetero) is 1. The third kappa shape index (κ3) is 4.68. The summed E-state index contributed by atoms with van der Waals surface area (Å²) in [6.07, 6.45) is -0.00335. The molecule has 96 valence electrons. The van der Waals surface area contributed by atoms with Crippen LogP contribution >= 0.6 is 0 Å². The number of nitriles is 1. The Bertz CT molecular complexity index is 429. The molecular formula is C15H20N2O. The molecule has 18 heavy (non-hydrogen) atoms. The molecule has 0 saturated carbocycles. The maximum absolute atomic E-state index is 11.3. The van der Waals surface area contributed by atoms with Crippen LogP contribution in [0.15, 0.2) is 24.3 Å². The summed E-state index contributed by atoms with van der Waals surface area (Å²) in [6.45, 7) is 5.40. The molecule has 1 aromatic rings. The highest BCUT2D eigenvalue weighted by Crippen LogP contribution is 2.15. The number of benzene rings is 1. The summed E-state index contributed by atoms with van der Waals surface area (Å²) < 4.78 is 0. The van der Waals surface area contributed by atoms with Gasteiger partial charge >= 0.3 is 0 Å². The second kappa shape index (κ2) is 6.93. The fraction of sp³-hybridized carbons (Fsp3) is 0.467. The second-order valence-electron chi connectivity index (χ2n) is 4.94. The maximum atomic E-state index is 11.3. The minimum atomic E-state index is -0.0289. The average Bonchev–Trinajstić information content (AvgIpc) is 2.29. The molecule has 0 aliphatic rings. The normalized spacial score (nSPS) is 10.7. The fourth-order valence-electron chi connectivity index (χ4n) is 1.82. The van der Waals surface area contributed by atoms with Crippen molar-refractivity contribution in [1.82, 2.24) is 4.90 Å². The van der Waals surface area contributed by atoms with E-state index in [1.165, 1.54) is 11.1 Å². The Morgan fingerprint density at radius 3 is 2.44 bits per heavy atom. The molecule has 0 N–H and O–H groups in total. The topological polar surface area (TPSA) is 44.1 Å². The van der Waals surface area contributed by atoms with Gasteiger partial charge in [-0.15, -0.1) is 0 Å². The minimum Gasteiger partial charge on any atom is -0.297 e. The van der Waals surface area contributed by atoms with Gasteiger partial charge in [0.2, 0.25) is 0 Å². The molecular weight excluding hydrogens is 224 g/mol. The Balaban J connectivity index is 2.52. The van der Waals surface area contributed by atoms with E-state index >= 15 is 0 Å². The van der Waals surface area contributed by atoms with Crippen LogP contribution in [0.4, 0.5) is 0 Å². The second-order valence-corrected chi connectivity index (χ2v) is 4.94. The van der Waals surface area contributed by atoms with Gasteiger partial charge in [0.1, 0.15) is 0 Å². The van der Waals surface area contributed by atoms with Gasteiger partial charge in [-0.25, -0.2) is 0 Å². The van der Waals surface area contributed by atoms with Crippen molar-refractivity contribution in [2.24, 2.45) is 0 Å². The minimum absolute atomic E-state index is 0.00335. The zero-order valence-electron chi connectivity index (χ0n) is 11.3. The Morgan fingerprint density at radius 1 is 1.33 bits per heavy atom. The Morgan fingerprint density at radius 2 is 1.94 bits per heavy atom. The van der Waals surface area contributed by atoms with Crippen LogP contribution in [0, 0.1) is 11.3 Å². The first-order valence-electron chi connectivity index (χ1n) is 6.19. The highest BCUT2D eigenvalue weighted by atomic mass is 16.1. The third-order valence-electron chi connectivity index (χ3n) is 2.82. The molecule has 0 amide bonds. The Kier molecular flexibility index (Phi) is 5.54. The molecule has 3 heteroatoms. The van der Waals surface area contributed by atoms with E-state index in [1.54, 1.807) is 0 Å². The fourth-order valence-corrected chi connectivity index (χ4v) is 1.82. The first-order valence-corrected chi connectivity index (χ1v) is 6.19. The van der Waals surface area contributed by atoms with E-state index in [1.807, 2.05) is 18.0 Å². The van der Waals surface area contributed by atoms with E-state index in [9.17, 15) is 4.79 Å². The number of rotatable bonds is 6. The van der Waals surface area contributed by atoms with Crippen LogP contribution in [-0.2, 0) is 11.3 Å². The van der Waals surface area contributed by atoms with Gasteiger partial charge < -0.3 is 0 Å². The van der Waals surface area contributed by atoms with Crippen LogP contribution in [0.2, 0.25) is 0 Å². The monoisotopic (exact) mass is 244 g/mol. The van der Waals surface area contributed by atoms with E-state index in [2.05, 4.69) is 38.1 Å². The number of carbonyl (C=O) groups excluding carboxylic acids is 1. The zero-order chi connectivity index (χ0) is 13.5. The van der Waals surface area contributed by atoms with Gasteiger partial charge in [-0.05, 0) is 24.1 Å². The van der Waals surface area contributed by atoms with Gasteiger partial charge in [0.05, 0.1) is 19.0 Å². The van der Waals surface area contributed by atoms with Crippen LogP contribution in [0.1, 0.15) is 37.3 Å². The molecule has 0 heterocycles. The predicted octanol–water partition coefficient (Wildman–Crippen LogP) is 2.72. The lowest BCUT2D eigenvalue weighted by Crippen LogP contribution is -2.25. The smallest absolute Gasteiger partial charge is 0.160 e. The van der Waals surface area contributed by atoms with Crippen molar-refractivity contribution in [1.29, 1.82) is 5.26 Å². The van der Waals surface area contributed by atoms with E-state index in [-0.39, 0.29) is 12.2 Å². The van der Waals surface area contributed by atoms with Crippen LogP contribution in [-0.4, -0.2) is 24.3 Å². The highest BCUT2D eigenvalue weighted by molar-refractivity contribution is 5.82. The molecule has 0 unspecified atom stereocenters. The molecule has 1 aromatic carbocycles. The van der Waals surface area contributed by atoms with Gasteiger partial charge in [0, 0.05) is 6.54 Å². The lowest BCUT2D eigenvalue weighted by Gasteiger charge is -2.15. The van der Waals surface area contributed by atoms with Crippen molar-refractivity contribution in [2.45, 2.75) is 32.7 Å². The Hall–Kier alpha value is -1.66. The van der Waals surface area contributed by atoms with Crippen LogP contribution in [0.5, 0.6) is 0 Å². The first-order chi connectivity index (χ1) is 8.52. The molecule has 0 bridgehead atoms.